The van der Waals surface area contributed by atoms with Gasteiger partial charge < -0.3 is 30.9 Å². The summed E-state index contributed by atoms with van der Waals surface area (Å²) in [5.74, 6) is -2.21. The number of carboxylic acid groups (broad SMARTS) is 1. The number of nitrogens with zero attached hydrogens (tertiary/aromatic N) is 1. The number of nitro groups is 1. The van der Waals surface area contributed by atoms with E-state index in [4.69, 9.17) is 26.2 Å². The van der Waals surface area contributed by atoms with Gasteiger partial charge in [0, 0.05) is 29.4 Å². The second kappa shape index (κ2) is 11.0. The number of ether oxygens (including phenoxy) is 1. The van der Waals surface area contributed by atoms with Crippen LogP contribution in [-0.4, -0.2) is 40.2 Å². The number of benzene rings is 2. The number of allylic oxidation sites excluding steroid dienone is 1. The standard InChI is InChI=1S/C19H17ClN4O6.C2H4O2/c1-9-15(18(26)22-12-5-3-4-11(20)8-12)16(23-19(27)21-9)10-6-13(24(28)29)17(25)14(7-10)30-2;1-2(3)4/h3-8,16,25H,1-2H3,(H,22,26)(H2,21,23,27);1H3,(H,3,4). The van der Waals surface area contributed by atoms with E-state index < -0.39 is 40.3 Å². The molecule has 1 atom stereocenters. The first-order valence-corrected chi connectivity index (χ1v) is 9.92. The Labute approximate surface area is 198 Å². The maximum absolute atomic E-state index is 13.0. The number of aromatic hydroxyl groups is 1. The SMILES string of the molecule is CC(=O)O.COc1cc(C2NC(=O)NC(C)=C2C(=O)Nc2cccc(Cl)c2)cc([N+](=O)[O-])c1O. The van der Waals surface area contributed by atoms with Crippen molar-refractivity contribution in [3.05, 3.63) is 68.4 Å². The van der Waals surface area contributed by atoms with Gasteiger partial charge in [-0.25, -0.2) is 4.79 Å². The third-order valence-electron chi connectivity index (χ3n) is 4.42. The number of carbonyl (C=O) groups excluding carboxylic acids is 2. The topological polar surface area (TPSA) is 180 Å². The van der Waals surface area contributed by atoms with Crippen molar-refractivity contribution in [3.8, 4) is 11.5 Å². The number of methoxy groups -OCH3 is 1. The predicted octanol–water partition coefficient (Wildman–Crippen LogP) is 3.32. The van der Waals surface area contributed by atoms with Crippen LogP contribution in [0.15, 0.2) is 47.7 Å². The van der Waals surface area contributed by atoms with E-state index in [1.54, 1.807) is 24.3 Å². The molecule has 0 spiro atoms. The lowest BCUT2D eigenvalue weighted by atomic mass is 9.94. The number of aliphatic carboxylic acids is 1. The first kappa shape index (κ1) is 25.9. The van der Waals surface area contributed by atoms with E-state index in [1.165, 1.54) is 20.1 Å². The van der Waals surface area contributed by atoms with Crippen LogP contribution < -0.4 is 20.7 Å². The van der Waals surface area contributed by atoms with Crippen molar-refractivity contribution < 1.29 is 34.3 Å². The minimum atomic E-state index is -1.04. The highest BCUT2D eigenvalue weighted by Crippen LogP contribution is 2.40. The van der Waals surface area contributed by atoms with E-state index in [-0.39, 0.29) is 22.6 Å². The lowest BCUT2D eigenvalue weighted by molar-refractivity contribution is -0.386. The molecule has 3 amide bonds. The first-order chi connectivity index (χ1) is 15.9. The van der Waals surface area contributed by atoms with Crippen LogP contribution in [-0.2, 0) is 9.59 Å². The largest absolute Gasteiger partial charge is 0.500 e. The lowest BCUT2D eigenvalue weighted by Gasteiger charge is -2.29. The number of anilines is 1. The van der Waals surface area contributed by atoms with Crippen LogP contribution in [0.5, 0.6) is 11.5 Å². The van der Waals surface area contributed by atoms with Crippen molar-refractivity contribution in [2.45, 2.75) is 19.9 Å². The Morgan fingerprint density at radius 1 is 1.26 bits per heavy atom. The number of amides is 3. The number of carbonyl (C=O) groups is 3. The van der Waals surface area contributed by atoms with Crippen molar-refractivity contribution >= 4 is 40.9 Å². The molecule has 0 bridgehead atoms. The number of phenols is 1. The average Bonchev–Trinajstić information content (AvgIpc) is 2.72. The van der Waals surface area contributed by atoms with Gasteiger partial charge in [-0.05, 0) is 36.8 Å². The molecule has 1 aliphatic heterocycles. The van der Waals surface area contributed by atoms with E-state index in [0.29, 0.717) is 10.7 Å². The van der Waals surface area contributed by atoms with Gasteiger partial charge in [-0.1, -0.05) is 17.7 Å². The summed E-state index contributed by atoms with van der Waals surface area (Å²) in [5.41, 5.74) is 0.374. The van der Waals surface area contributed by atoms with Crippen LogP contribution in [0.4, 0.5) is 16.2 Å². The Bertz CT molecular complexity index is 1180. The summed E-state index contributed by atoms with van der Waals surface area (Å²) in [4.78, 5) is 44.6. The summed E-state index contributed by atoms with van der Waals surface area (Å²) in [6.45, 7) is 2.62. The van der Waals surface area contributed by atoms with Gasteiger partial charge in [-0.3, -0.25) is 19.7 Å². The molecule has 180 valence electrons. The van der Waals surface area contributed by atoms with Gasteiger partial charge in [0.15, 0.2) is 5.75 Å². The van der Waals surface area contributed by atoms with Crippen LogP contribution in [0, 0.1) is 10.1 Å². The summed E-state index contributed by atoms with van der Waals surface area (Å²) in [6, 6.07) is 7.26. The molecular formula is C21H21ClN4O8. The predicted molar refractivity (Wildman–Crippen MR) is 122 cm³/mol. The Balaban J connectivity index is 0.000000945. The summed E-state index contributed by atoms with van der Waals surface area (Å²) >= 11 is 5.95. The number of carboxylic acids is 1. The Hall–Kier alpha value is -4.32. The minimum Gasteiger partial charge on any atom is -0.500 e. The highest BCUT2D eigenvalue weighted by molar-refractivity contribution is 6.31. The number of halogens is 1. The molecule has 1 aliphatic rings. The van der Waals surface area contributed by atoms with Gasteiger partial charge >= 0.3 is 11.7 Å². The third-order valence-corrected chi connectivity index (χ3v) is 4.66. The fraction of sp³-hybridized carbons (Fsp3) is 0.190. The number of phenolic OH excluding ortho intramolecular Hbond substituents is 1. The molecule has 13 heteroatoms. The maximum Gasteiger partial charge on any atom is 0.319 e. The molecule has 1 heterocycles. The Morgan fingerprint density at radius 3 is 2.47 bits per heavy atom. The first-order valence-electron chi connectivity index (χ1n) is 9.54. The summed E-state index contributed by atoms with van der Waals surface area (Å²) in [7, 11) is 1.23. The normalized spacial score (nSPS) is 14.7. The molecule has 2 aromatic carbocycles. The molecule has 0 aromatic heterocycles. The van der Waals surface area contributed by atoms with Gasteiger partial charge in [-0.15, -0.1) is 0 Å². The van der Waals surface area contributed by atoms with E-state index in [1.807, 2.05) is 0 Å². The number of nitro benzene ring substituents is 1. The van der Waals surface area contributed by atoms with Crippen molar-refractivity contribution in [3.63, 3.8) is 0 Å². The number of hydrogen-bond acceptors (Lipinski definition) is 7. The molecule has 12 nitrogen and oxygen atoms in total. The number of urea groups is 1. The van der Waals surface area contributed by atoms with E-state index in [0.717, 1.165) is 13.0 Å². The van der Waals surface area contributed by atoms with Gasteiger partial charge in [-0.2, -0.15) is 0 Å². The minimum absolute atomic E-state index is 0.122. The van der Waals surface area contributed by atoms with Gasteiger partial charge in [0.1, 0.15) is 0 Å². The summed E-state index contributed by atoms with van der Waals surface area (Å²) in [5, 5.41) is 37.0. The Morgan fingerprint density at radius 2 is 1.91 bits per heavy atom. The highest BCUT2D eigenvalue weighted by atomic mass is 35.5. The molecule has 34 heavy (non-hydrogen) atoms. The maximum atomic E-state index is 13.0. The van der Waals surface area contributed by atoms with Crippen LogP contribution in [0.2, 0.25) is 5.02 Å². The van der Waals surface area contributed by atoms with E-state index in [9.17, 15) is 24.8 Å². The lowest BCUT2D eigenvalue weighted by Crippen LogP contribution is -2.46. The van der Waals surface area contributed by atoms with E-state index in [2.05, 4.69) is 16.0 Å². The zero-order chi connectivity index (χ0) is 25.6. The summed E-state index contributed by atoms with van der Waals surface area (Å²) in [6.07, 6.45) is 0. The molecule has 0 fully saturated rings. The van der Waals surface area contributed by atoms with Crippen LogP contribution in [0.1, 0.15) is 25.5 Å². The second-order valence-electron chi connectivity index (χ2n) is 6.90. The van der Waals surface area contributed by atoms with Crippen molar-refractivity contribution in [2.75, 3.05) is 12.4 Å². The fourth-order valence-electron chi connectivity index (χ4n) is 3.08. The third kappa shape index (κ3) is 6.36. The fourth-order valence-corrected chi connectivity index (χ4v) is 3.28. The Kier molecular flexibility index (Phi) is 8.40. The second-order valence-corrected chi connectivity index (χ2v) is 7.34. The quantitative estimate of drug-likeness (QED) is 0.311. The highest BCUT2D eigenvalue weighted by Gasteiger charge is 2.33. The molecule has 1 unspecified atom stereocenters. The van der Waals surface area contributed by atoms with Crippen LogP contribution >= 0.6 is 11.6 Å². The zero-order valence-corrected chi connectivity index (χ0v) is 19.0. The molecule has 5 N–H and O–H groups in total. The smallest absolute Gasteiger partial charge is 0.319 e. The van der Waals surface area contributed by atoms with Gasteiger partial charge in [0.25, 0.3) is 11.9 Å². The van der Waals surface area contributed by atoms with Crippen LogP contribution in [0.25, 0.3) is 0 Å². The van der Waals surface area contributed by atoms with Crippen molar-refractivity contribution in [1.29, 1.82) is 0 Å². The van der Waals surface area contributed by atoms with Gasteiger partial charge in [0.05, 0.1) is 23.6 Å². The number of hydrogen-bond donors (Lipinski definition) is 5. The molecular weight excluding hydrogens is 472 g/mol. The molecule has 3 rings (SSSR count). The summed E-state index contributed by atoms with van der Waals surface area (Å²) < 4.78 is 5.01. The van der Waals surface area contributed by atoms with Crippen molar-refractivity contribution in [1.82, 2.24) is 10.6 Å². The zero-order valence-electron chi connectivity index (χ0n) is 18.2. The van der Waals surface area contributed by atoms with Crippen molar-refractivity contribution in [2.24, 2.45) is 0 Å². The average molecular weight is 493 g/mol. The molecule has 0 saturated carbocycles. The molecule has 0 radical (unpaired) electrons. The molecule has 0 aliphatic carbocycles. The van der Waals surface area contributed by atoms with Gasteiger partial charge in [0.2, 0.25) is 5.75 Å². The van der Waals surface area contributed by atoms with E-state index >= 15 is 0 Å². The monoisotopic (exact) mass is 492 g/mol. The molecule has 0 saturated heterocycles. The molecule has 2 aromatic rings. The number of rotatable bonds is 5. The van der Waals surface area contributed by atoms with Crippen LogP contribution in [0.3, 0.4) is 0 Å². The number of nitrogens with one attached hydrogen (secondary N) is 3.